The number of aromatic amines is 1. The molecule has 1 atom stereocenters. The van der Waals surface area contributed by atoms with Crippen molar-refractivity contribution in [1.29, 1.82) is 0 Å². The van der Waals surface area contributed by atoms with E-state index in [1.54, 1.807) is 6.20 Å². The number of nitrogens with zero attached hydrogens (tertiary/aromatic N) is 2. The van der Waals surface area contributed by atoms with E-state index in [9.17, 15) is 5.11 Å². The average Bonchev–Trinajstić information content (AvgIpc) is 2.70. The fourth-order valence-corrected chi connectivity index (χ4v) is 1.62. The van der Waals surface area contributed by atoms with E-state index in [-0.39, 0.29) is 6.61 Å². The first-order valence-electron chi connectivity index (χ1n) is 5.07. The number of nitrogen functional groups attached to an aromatic ring is 1. The number of aryl methyl sites for hydroxylation is 1. The van der Waals surface area contributed by atoms with E-state index in [4.69, 9.17) is 10.8 Å². The molecule has 0 radical (unpaired) electrons. The Morgan fingerprint density at radius 3 is 3.00 bits per heavy atom. The van der Waals surface area contributed by atoms with Crippen LogP contribution in [0.25, 0.3) is 11.0 Å². The highest BCUT2D eigenvalue weighted by molar-refractivity contribution is 5.86. The van der Waals surface area contributed by atoms with Gasteiger partial charge in [0.1, 0.15) is 11.8 Å². The molecule has 86 valence electrons. The van der Waals surface area contributed by atoms with Gasteiger partial charge in [-0.2, -0.15) is 0 Å². The molecule has 0 bridgehead atoms. The molecule has 2 aromatic heterocycles. The Hall–Kier alpha value is -1.66. The summed E-state index contributed by atoms with van der Waals surface area (Å²) in [5.74, 6) is 0.416. The van der Waals surface area contributed by atoms with Gasteiger partial charge in [-0.05, 0) is 18.4 Å². The van der Waals surface area contributed by atoms with Crippen LogP contribution in [0.5, 0.6) is 0 Å². The van der Waals surface area contributed by atoms with Crippen molar-refractivity contribution in [1.82, 2.24) is 15.0 Å². The molecule has 5 N–H and O–H groups in total. The number of nitrogens with two attached hydrogens (primary N) is 1. The minimum atomic E-state index is -0.691. The largest absolute Gasteiger partial charge is 0.394 e. The van der Waals surface area contributed by atoms with Gasteiger partial charge in [-0.15, -0.1) is 0 Å². The molecule has 0 saturated carbocycles. The highest BCUT2D eigenvalue weighted by Gasteiger charge is 2.09. The van der Waals surface area contributed by atoms with E-state index < -0.39 is 6.10 Å². The van der Waals surface area contributed by atoms with Crippen molar-refractivity contribution in [2.45, 2.75) is 18.9 Å². The molecule has 1 unspecified atom stereocenters. The molecule has 6 heteroatoms. The van der Waals surface area contributed by atoms with Crippen LogP contribution in [0.2, 0.25) is 0 Å². The predicted molar refractivity (Wildman–Crippen MR) is 59.7 cm³/mol. The molecular weight excluding hydrogens is 208 g/mol. The number of H-pyrrole nitrogens is 1. The van der Waals surface area contributed by atoms with Gasteiger partial charge in [-0.1, -0.05) is 0 Å². The van der Waals surface area contributed by atoms with Crippen LogP contribution in [0.15, 0.2) is 12.5 Å². The van der Waals surface area contributed by atoms with Crippen LogP contribution >= 0.6 is 0 Å². The number of rotatable bonds is 4. The number of fused-ring (bicyclic) bond motifs is 1. The van der Waals surface area contributed by atoms with Gasteiger partial charge < -0.3 is 20.9 Å². The normalized spacial score (nSPS) is 13.1. The Bertz CT molecular complexity index is 483. The molecule has 2 rings (SSSR count). The van der Waals surface area contributed by atoms with E-state index in [0.29, 0.717) is 18.7 Å². The Balaban J connectivity index is 2.22. The Labute approximate surface area is 92.1 Å². The molecule has 0 aliphatic heterocycles. The fraction of sp³-hybridized carbons (Fsp3) is 0.400. The number of aliphatic hydroxyl groups is 2. The van der Waals surface area contributed by atoms with Crippen LogP contribution in [0.4, 0.5) is 5.82 Å². The lowest BCUT2D eigenvalue weighted by molar-refractivity contribution is 0.0886. The minimum absolute atomic E-state index is 0.223. The number of hydrogen-bond acceptors (Lipinski definition) is 5. The fourth-order valence-electron chi connectivity index (χ4n) is 1.62. The van der Waals surface area contributed by atoms with Gasteiger partial charge >= 0.3 is 0 Å². The van der Waals surface area contributed by atoms with Crippen LogP contribution in [0, 0.1) is 0 Å². The third kappa shape index (κ3) is 1.98. The van der Waals surface area contributed by atoms with Crippen LogP contribution < -0.4 is 5.73 Å². The second kappa shape index (κ2) is 4.46. The molecule has 0 saturated heterocycles. The molecule has 0 aromatic carbocycles. The molecule has 0 aliphatic carbocycles. The van der Waals surface area contributed by atoms with E-state index in [1.807, 2.05) is 0 Å². The molecular formula is C10H14N4O2. The number of hydrogen-bond donors (Lipinski definition) is 4. The summed E-state index contributed by atoms with van der Waals surface area (Å²) >= 11 is 0. The number of aromatic nitrogens is 3. The summed E-state index contributed by atoms with van der Waals surface area (Å²) in [6.45, 7) is -0.223. The van der Waals surface area contributed by atoms with Gasteiger partial charge in [0.2, 0.25) is 0 Å². The summed E-state index contributed by atoms with van der Waals surface area (Å²) in [5, 5.41) is 18.0. The Morgan fingerprint density at radius 2 is 2.25 bits per heavy atom. The first-order chi connectivity index (χ1) is 7.72. The van der Waals surface area contributed by atoms with Gasteiger partial charge in [-0.25, -0.2) is 9.97 Å². The summed E-state index contributed by atoms with van der Waals surface area (Å²) < 4.78 is 0. The Morgan fingerprint density at radius 1 is 1.44 bits per heavy atom. The standard InChI is InChI=1S/C10H14N4O2/c11-10-9-8(13-5-14-10)6(3-12-9)1-2-7(16)4-15/h3,5,7,12,15-16H,1-2,4H2,(H2,11,13,14). The van der Waals surface area contributed by atoms with Crippen LogP contribution in [-0.2, 0) is 6.42 Å². The summed E-state index contributed by atoms with van der Waals surface area (Å²) in [4.78, 5) is 11.0. The van der Waals surface area contributed by atoms with Crippen molar-refractivity contribution in [2.24, 2.45) is 0 Å². The quantitative estimate of drug-likeness (QED) is 0.574. The molecule has 2 heterocycles. The zero-order chi connectivity index (χ0) is 11.5. The number of aliphatic hydroxyl groups excluding tert-OH is 2. The lowest BCUT2D eigenvalue weighted by atomic mass is 10.1. The van der Waals surface area contributed by atoms with E-state index in [2.05, 4.69) is 15.0 Å². The van der Waals surface area contributed by atoms with Crippen molar-refractivity contribution in [3.8, 4) is 0 Å². The first-order valence-corrected chi connectivity index (χ1v) is 5.07. The van der Waals surface area contributed by atoms with Crippen molar-refractivity contribution >= 4 is 16.9 Å². The summed E-state index contributed by atoms with van der Waals surface area (Å²) in [7, 11) is 0. The maximum Gasteiger partial charge on any atom is 0.151 e. The second-order valence-electron chi connectivity index (χ2n) is 3.67. The average molecular weight is 222 g/mol. The maximum atomic E-state index is 9.27. The smallest absolute Gasteiger partial charge is 0.151 e. The highest BCUT2D eigenvalue weighted by Crippen LogP contribution is 2.20. The van der Waals surface area contributed by atoms with Crippen LogP contribution in [0.3, 0.4) is 0 Å². The van der Waals surface area contributed by atoms with Crippen LogP contribution in [-0.4, -0.2) is 37.9 Å². The van der Waals surface area contributed by atoms with Crippen LogP contribution in [0.1, 0.15) is 12.0 Å². The molecule has 0 amide bonds. The monoisotopic (exact) mass is 222 g/mol. The number of anilines is 1. The summed E-state index contributed by atoms with van der Waals surface area (Å²) in [6.07, 6.45) is 3.66. The van der Waals surface area contributed by atoms with Gasteiger partial charge in [0, 0.05) is 6.20 Å². The second-order valence-corrected chi connectivity index (χ2v) is 3.67. The van der Waals surface area contributed by atoms with Crippen molar-refractivity contribution < 1.29 is 10.2 Å². The zero-order valence-corrected chi connectivity index (χ0v) is 8.72. The minimum Gasteiger partial charge on any atom is -0.394 e. The van der Waals surface area contributed by atoms with Gasteiger partial charge in [-0.3, -0.25) is 0 Å². The summed E-state index contributed by atoms with van der Waals surface area (Å²) in [6, 6.07) is 0. The van der Waals surface area contributed by atoms with Crippen molar-refractivity contribution in [3.63, 3.8) is 0 Å². The molecule has 0 spiro atoms. The van der Waals surface area contributed by atoms with Gasteiger partial charge in [0.05, 0.1) is 18.2 Å². The van der Waals surface area contributed by atoms with E-state index in [0.717, 1.165) is 16.6 Å². The van der Waals surface area contributed by atoms with E-state index >= 15 is 0 Å². The van der Waals surface area contributed by atoms with Crippen molar-refractivity contribution in [2.75, 3.05) is 12.3 Å². The predicted octanol–water partition coefficient (Wildman–Crippen LogP) is -0.174. The molecule has 2 aromatic rings. The Kier molecular flexibility index (Phi) is 3.02. The first kappa shape index (κ1) is 10.8. The van der Waals surface area contributed by atoms with Crippen molar-refractivity contribution in [3.05, 3.63) is 18.1 Å². The third-order valence-electron chi connectivity index (χ3n) is 2.53. The van der Waals surface area contributed by atoms with E-state index in [1.165, 1.54) is 6.33 Å². The topological polar surface area (TPSA) is 108 Å². The third-order valence-corrected chi connectivity index (χ3v) is 2.53. The maximum absolute atomic E-state index is 9.27. The lowest BCUT2D eigenvalue weighted by Gasteiger charge is -2.05. The molecule has 6 nitrogen and oxygen atoms in total. The summed E-state index contributed by atoms with van der Waals surface area (Å²) in [5.41, 5.74) is 8.14. The molecule has 0 fully saturated rings. The highest BCUT2D eigenvalue weighted by atomic mass is 16.3. The molecule has 0 aliphatic rings. The number of nitrogens with one attached hydrogen (secondary N) is 1. The molecule has 16 heavy (non-hydrogen) atoms. The van der Waals surface area contributed by atoms with Gasteiger partial charge in [0.15, 0.2) is 5.82 Å². The lowest BCUT2D eigenvalue weighted by Crippen LogP contribution is -2.12. The SMILES string of the molecule is Nc1ncnc2c(CCC(O)CO)c[nH]c12. The zero-order valence-electron chi connectivity index (χ0n) is 8.72. The van der Waals surface area contributed by atoms with Gasteiger partial charge in [0.25, 0.3) is 0 Å².